The van der Waals surface area contributed by atoms with Crippen molar-refractivity contribution in [1.82, 2.24) is 14.5 Å². The summed E-state index contributed by atoms with van der Waals surface area (Å²) in [5, 5.41) is 0.965. The molecule has 2 aromatic heterocycles. The molecule has 138 valence electrons. The lowest BCUT2D eigenvalue weighted by atomic mass is 9.83. The Labute approximate surface area is 156 Å². The molecule has 6 heteroatoms. The second kappa shape index (κ2) is 6.01. The van der Waals surface area contributed by atoms with Gasteiger partial charge in [0.1, 0.15) is 11.4 Å². The highest BCUT2D eigenvalue weighted by molar-refractivity contribution is 5.98. The van der Waals surface area contributed by atoms with E-state index >= 15 is 0 Å². The van der Waals surface area contributed by atoms with Gasteiger partial charge in [-0.15, -0.1) is 0 Å². The summed E-state index contributed by atoms with van der Waals surface area (Å²) in [5.74, 6) is 1.34. The van der Waals surface area contributed by atoms with Crippen molar-refractivity contribution in [2.75, 3.05) is 20.2 Å². The van der Waals surface area contributed by atoms with E-state index in [1.54, 1.807) is 13.2 Å². The van der Waals surface area contributed by atoms with Gasteiger partial charge in [0.15, 0.2) is 0 Å². The molecule has 1 N–H and O–H groups in total. The SMILES string of the molecule is COc1ccc2[nH]c(C(=O)N3C[C@H]4C[C@@H](C3)c3cccc(=O)n3C4)cc2c1. The van der Waals surface area contributed by atoms with Gasteiger partial charge in [0, 0.05) is 48.2 Å². The Morgan fingerprint density at radius 3 is 2.89 bits per heavy atom. The highest BCUT2D eigenvalue weighted by Crippen LogP contribution is 2.35. The second-order valence-electron chi connectivity index (χ2n) is 7.54. The van der Waals surface area contributed by atoms with Gasteiger partial charge in [-0.25, -0.2) is 0 Å². The molecular formula is C21H21N3O3. The maximum Gasteiger partial charge on any atom is 0.270 e. The fourth-order valence-electron chi connectivity index (χ4n) is 4.59. The lowest BCUT2D eigenvalue weighted by Gasteiger charge is -2.42. The Kier molecular flexibility index (Phi) is 3.60. The van der Waals surface area contributed by atoms with Crippen molar-refractivity contribution < 1.29 is 9.53 Å². The van der Waals surface area contributed by atoms with Crippen LogP contribution in [-0.4, -0.2) is 40.6 Å². The smallest absolute Gasteiger partial charge is 0.270 e. The van der Waals surface area contributed by atoms with Gasteiger partial charge in [-0.1, -0.05) is 6.07 Å². The van der Waals surface area contributed by atoms with E-state index in [4.69, 9.17) is 4.74 Å². The van der Waals surface area contributed by atoms with Crippen LogP contribution in [0.1, 0.15) is 28.5 Å². The quantitative estimate of drug-likeness (QED) is 0.761. The van der Waals surface area contributed by atoms with E-state index in [0.29, 0.717) is 31.2 Å². The number of pyridine rings is 1. The predicted octanol–water partition coefficient (Wildman–Crippen LogP) is 2.60. The summed E-state index contributed by atoms with van der Waals surface area (Å²) in [6.07, 6.45) is 1.04. The minimum absolute atomic E-state index is 0.0200. The number of aromatic nitrogens is 2. The standard InChI is InChI=1S/C21H21N3O3/c1-27-16-5-6-17-14(8-16)9-18(22-17)21(26)23-10-13-7-15(12-23)19-3-2-4-20(25)24(19)11-13/h2-6,8-9,13,15,22H,7,10-12H2,1H3/t13-,15+/m1/s1. The Hall–Kier alpha value is -3.02. The molecule has 3 aromatic rings. The molecule has 1 amide bonds. The molecule has 4 heterocycles. The topological polar surface area (TPSA) is 67.3 Å². The molecule has 1 saturated heterocycles. The van der Waals surface area contributed by atoms with Crippen LogP contribution in [0.2, 0.25) is 0 Å². The summed E-state index contributed by atoms with van der Waals surface area (Å²) in [5.41, 5.74) is 2.64. The summed E-state index contributed by atoms with van der Waals surface area (Å²) < 4.78 is 7.15. The molecule has 0 saturated carbocycles. The number of rotatable bonds is 2. The zero-order valence-electron chi connectivity index (χ0n) is 15.1. The van der Waals surface area contributed by atoms with Gasteiger partial charge in [-0.2, -0.15) is 0 Å². The van der Waals surface area contributed by atoms with Crippen LogP contribution in [0.15, 0.2) is 47.3 Å². The number of methoxy groups -OCH3 is 1. The minimum atomic E-state index is 0.0200. The first-order valence-electron chi connectivity index (χ1n) is 9.28. The zero-order chi connectivity index (χ0) is 18.5. The highest BCUT2D eigenvalue weighted by atomic mass is 16.5. The largest absolute Gasteiger partial charge is 0.497 e. The summed E-state index contributed by atoms with van der Waals surface area (Å²) in [6, 6.07) is 13.1. The molecule has 0 spiro atoms. The third kappa shape index (κ3) is 2.63. The van der Waals surface area contributed by atoms with Crippen molar-refractivity contribution in [3.8, 4) is 5.75 Å². The number of nitrogens with zero attached hydrogens (tertiary/aromatic N) is 2. The van der Waals surface area contributed by atoms with Gasteiger partial charge in [-0.3, -0.25) is 9.59 Å². The number of carbonyl (C=O) groups is 1. The minimum Gasteiger partial charge on any atom is -0.497 e. The molecule has 5 rings (SSSR count). The van der Waals surface area contributed by atoms with Crippen molar-refractivity contribution in [3.63, 3.8) is 0 Å². The number of hydrogen-bond acceptors (Lipinski definition) is 3. The molecule has 2 bridgehead atoms. The van der Waals surface area contributed by atoms with Crippen molar-refractivity contribution in [1.29, 1.82) is 0 Å². The second-order valence-corrected chi connectivity index (χ2v) is 7.54. The molecule has 0 radical (unpaired) electrons. The van der Waals surface area contributed by atoms with E-state index in [9.17, 15) is 9.59 Å². The maximum absolute atomic E-state index is 13.1. The lowest BCUT2D eigenvalue weighted by molar-refractivity contribution is 0.0589. The number of ether oxygens (including phenoxy) is 1. The monoisotopic (exact) mass is 363 g/mol. The highest BCUT2D eigenvalue weighted by Gasteiger charge is 2.36. The van der Waals surface area contributed by atoms with E-state index < -0.39 is 0 Å². The van der Waals surface area contributed by atoms with E-state index in [-0.39, 0.29) is 17.4 Å². The Balaban J connectivity index is 1.44. The van der Waals surface area contributed by atoms with Crippen molar-refractivity contribution in [3.05, 3.63) is 64.2 Å². The molecule has 6 nitrogen and oxygen atoms in total. The number of amides is 1. The Bertz CT molecular complexity index is 1100. The number of aromatic amines is 1. The number of H-pyrrole nitrogens is 1. The summed E-state index contributed by atoms with van der Waals surface area (Å²) in [7, 11) is 1.63. The van der Waals surface area contributed by atoms with Crippen LogP contribution in [-0.2, 0) is 6.54 Å². The van der Waals surface area contributed by atoms with Crippen LogP contribution in [0.4, 0.5) is 0 Å². The summed E-state index contributed by atoms with van der Waals surface area (Å²) in [6.45, 7) is 2.03. The first kappa shape index (κ1) is 16.2. The van der Waals surface area contributed by atoms with Gasteiger partial charge in [0.25, 0.3) is 11.5 Å². The molecule has 27 heavy (non-hydrogen) atoms. The molecule has 2 atom stereocenters. The van der Waals surface area contributed by atoms with Crippen molar-refractivity contribution in [2.45, 2.75) is 18.9 Å². The number of piperidine rings is 1. The number of hydrogen-bond donors (Lipinski definition) is 1. The number of carbonyl (C=O) groups excluding carboxylic acids is 1. The van der Waals surface area contributed by atoms with Crippen LogP contribution in [0.3, 0.4) is 0 Å². The molecule has 2 aliphatic rings. The van der Waals surface area contributed by atoms with Crippen LogP contribution in [0.25, 0.3) is 10.9 Å². The van der Waals surface area contributed by atoms with E-state index in [0.717, 1.165) is 28.8 Å². The lowest BCUT2D eigenvalue weighted by Crippen LogP contribution is -2.49. The first-order valence-corrected chi connectivity index (χ1v) is 9.28. The van der Waals surface area contributed by atoms with Gasteiger partial charge < -0.3 is 19.2 Å². The first-order chi connectivity index (χ1) is 13.1. The number of fused-ring (bicyclic) bond motifs is 5. The normalized spacial score (nSPS) is 21.1. The molecule has 1 aromatic carbocycles. The molecule has 2 aliphatic heterocycles. The van der Waals surface area contributed by atoms with Gasteiger partial charge in [-0.05, 0) is 42.7 Å². The van der Waals surface area contributed by atoms with E-state index in [1.807, 2.05) is 45.9 Å². The van der Waals surface area contributed by atoms with Gasteiger partial charge in [0.05, 0.1) is 7.11 Å². The maximum atomic E-state index is 13.1. The fourth-order valence-corrected chi connectivity index (χ4v) is 4.59. The average molecular weight is 363 g/mol. The third-order valence-electron chi connectivity index (χ3n) is 5.83. The van der Waals surface area contributed by atoms with Crippen LogP contribution in [0, 0.1) is 5.92 Å². The number of benzene rings is 1. The molecule has 0 unspecified atom stereocenters. The van der Waals surface area contributed by atoms with Crippen molar-refractivity contribution >= 4 is 16.8 Å². The van der Waals surface area contributed by atoms with Crippen LogP contribution < -0.4 is 10.3 Å². The van der Waals surface area contributed by atoms with Crippen LogP contribution >= 0.6 is 0 Å². The van der Waals surface area contributed by atoms with E-state index in [2.05, 4.69) is 4.98 Å². The zero-order valence-corrected chi connectivity index (χ0v) is 15.1. The molecular weight excluding hydrogens is 342 g/mol. The Morgan fingerprint density at radius 1 is 1.15 bits per heavy atom. The molecule has 0 aliphatic carbocycles. The summed E-state index contributed by atoms with van der Waals surface area (Å²) >= 11 is 0. The molecule has 1 fully saturated rings. The van der Waals surface area contributed by atoms with Gasteiger partial charge >= 0.3 is 0 Å². The number of nitrogens with one attached hydrogen (secondary N) is 1. The Morgan fingerprint density at radius 2 is 2.04 bits per heavy atom. The van der Waals surface area contributed by atoms with Crippen LogP contribution in [0.5, 0.6) is 5.75 Å². The van der Waals surface area contributed by atoms with E-state index in [1.165, 1.54) is 0 Å². The number of likely N-dealkylation sites (tertiary alicyclic amines) is 1. The predicted molar refractivity (Wildman–Crippen MR) is 102 cm³/mol. The third-order valence-corrected chi connectivity index (χ3v) is 5.83. The van der Waals surface area contributed by atoms with Gasteiger partial charge in [0.2, 0.25) is 0 Å². The average Bonchev–Trinajstić information content (AvgIpc) is 3.11. The van der Waals surface area contributed by atoms with Crippen molar-refractivity contribution in [2.24, 2.45) is 5.92 Å². The summed E-state index contributed by atoms with van der Waals surface area (Å²) in [4.78, 5) is 30.4. The fraction of sp³-hybridized carbons (Fsp3) is 0.333.